The van der Waals surface area contributed by atoms with Crippen molar-refractivity contribution in [1.29, 1.82) is 0 Å². The number of rotatable bonds is 5. The zero-order valence-electron chi connectivity index (χ0n) is 11.9. The van der Waals surface area contributed by atoms with E-state index in [9.17, 15) is 0 Å². The van der Waals surface area contributed by atoms with E-state index >= 15 is 0 Å². The molecule has 1 N–H and O–H groups in total. The third kappa shape index (κ3) is 2.77. The molecule has 0 aromatic heterocycles. The van der Waals surface area contributed by atoms with E-state index < -0.39 is 0 Å². The van der Waals surface area contributed by atoms with E-state index in [1.54, 1.807) is 7.11 Å². The van der Waals surface area contributed by atoms with Crippen molar-refractivity contribution in [3.05, 3.63) is 29.8 Å². The largest absolute Gasteiger partial charge is 0.496 e. The quantitative estimate of drug-likeness (QED) is 0.880. The van der Waals surface area contributed by atoms with Crippen molar-refractivity contribution in [1.82, 2.24) is 10.2 Å². The summed E-state index contributed by atoms with van der Waals surface area (Å²) >= 11 is 0. The highest BCUT2D eigenvalue weighted by Gasteiger charge is 2.35. The summed E-state index contributed by atoms with van der Waals surface area (Å²) in [5.74, 6) is 1.72. The molecule has 2 atom stereocenters. The van der Waals surface area contributed by atoms with E-state index in [0.717, 1.165) is 18.3 Å². The minimum Gasteiger partial charge on any atom is -0.496 e. The number of hydrogen-bond donors (Lipinski definition) is 1. The Hall–Kier alpha value is -1.06. The number of para-hydroxylation sites is 1. The van der Waals surface area contributed by atoms with Gasteiger partial charge in [0.05, 0.1) is 7.11 Å². The number of ether oxygens (including phenoxy) is 1. The molecule has 0 radical (unpaired) electrons. The first-order valence-electron chi connectivity index (χ1n) is 7.36. The Balaban J connectivity index is 1.77. The van der Waals surface area contributed by atoms with Crippen molar-refractivity contribution in [2.75, 3.05) is 27.2 Å². The fraction of sp³-hybridized carbons (Fsp3) is 0.625. The van der Waals surface area contributed by atoms with Crippen LogP contribution >= 0.6 is 0 Å². The first kappa shape index (κ1) is 12.9. The minimum absolute atomic E-state index is 0.488. The molecule has 2 aliphatic rings. The molecular formula is C16H24N2O. The Morgan fingerprint density at radius 2 is 2.05 bits per heavy atom. The monoisotopic (exact) mass is 260 g/mol. The van der Waals surface area contributed by atoms with Crippen LogP contribution in [-0.4, -0.2) is 38.2 Å². The van der Waals surface area contributed by atoms with Gasteiger partial charge in [0.25, 0.3) is 0 Å². The highest BCUT2D eigenvalue weighted by molar-refractivity contribution is 5.37. The van der Waals surface area contributed by atoms with Crippen LogP contribution in [0.2, 0.25) is 0 Å². The third-order valence-electron chi connectivity index (χ3n) is 4.48. The number of nitrogens with one attached hydrogen (secondary N) is 1. The maximum Gasteiger partial charge on any atom is 0.123 e. The normalized spacial score (nSPS) is 27.7. The number of methoxy groups -OCH3 is 1. The number of nitrogens with zero attached hydrogens (tertiary/aromatic N) is 1. The summed E-state index contributed by atoms with van der Waals surface area (Å²) < 4.78 is 5.55. The lowest BCUT2D eigenvalue weighted by Gasteiger charge is -2.27. The van der Waals surface area contributed by atoms with Gasteiger partial charge in [-0.15, -0.1) is 0 Å². The van der Waals surface area contributed by atoms with E-state index in [1.165, 1.54) is 31.4 Å². The Bertz CT molecular complexity index is 431. The second-order valence-electron chi connectivity index (χ2n) is 5.90. The van der Waals surface area contributed by atoms with Crippen molar-refractivity contribution in [2.24, 2.45) is 5.92 Å². The molecule has 1 saturated carbocycles. The highest BCUT2D eigenvalue weighted by atomic mass is 16.5. The summed E-state index contributed by atoms with van der Waals surface area (Å²) in [6.07, 6.45) is 4.00. The molecule has 3 heteroatoms. The van der Waals surface area contributed by atoms with Crippen LogP contribution in [0.3, 0.4) is 0 Å². The lowest BCUT2D eigenvalue weighted by molar-refractivity contribution is 0.263. The SMILES string of the molecule is COc1ccccc1C1C(CNC2CC2)CCN1C. The van der Waals surface area contributed by atoms with Crippen LogP contribution in [-0.2, 0) is 0 Å². The van der Waals surface area contributed by atoms with E-state index in [-0.39, 0.29) is 0 Å². The van der Waals surface area contributed by atoms with Gasteiger partial charge in [-0.1, -0.05) is 18.2 Å². The number of likely N-dealkylation sites (tertiary alicyclic amines) is 1. The van der Waals surface area contributed by atoms with Crippen molar-refractivity contribution in [2.45, 2.75) is 31.3 Å². The maximum absolute atomic E-state index is 5.55. The second-order valence-corrected chi connectivity index (χ2v) is 5.90. The van der Waals surface area contributed by atoms with Gasteiger partial charge in [0.1, 0.15) is 5.75 Å². The first-order valence-corrected chi connectivity index (χ1v) is 7.36. The predicted octanol–water partition coefficient (Wildman–Crippen LogP) is 2.44. The van der Waals surface area contributed by atoms with E-state index in [2.05, 4.69) is 41.5 Å². The zero-order chi connectivity index (χ0) is 13.2. The third-order valence-corrected chi connectivity index (χ3v) is 4.48. The summed E-state index contributed by atoms with van der Waals surface area (Å²) in [5.41, 5.74) is 1.34. The van der Waals surface area contributed by atoms with Gasteiger partial charge in [0.2, 0.25) is 0 Å². The minimum atomic E-state index is 0.488. The molecule has 1 heterocycles. The predicted molar refractivity (Wildman–Crippen MR) is 77.5 cm³/mol. The first-order chi connectivity index (χ1) is 9.29. The molecule has 0 spiro atoms. The Labute approximate surface area is 115 Å². The van der Waals surface area contributed by atoms with Gasteiger partial charge in [-0.2, -0.15) is 0 Å². The zero-order valence-corrected chi connectivity index (χ0v) is 11.9. The molecule has 1 aliphatic heterocycles. The van der Waals surface area contributed by atoms with Gasteiger partial charge in [-0.05, 0) is 44.8 Å². The van der Waals surface area contributed by atoms with Gasteiger partial charge in [-0.3, -0.25) is 4.90 Å². The molecular weight excluding hydrogens is 236 g/mol. The molecule has 19 heavy (non-hydrogen) atoms. The molecule has 1 saturated heterocycles. The van der Waals surface area contributed by atoms with Crippen molar-refractivity contribution >= 4 is 0 Å². The van der Waals surface area contributed by atoms with Gasteiger partial charge in [0.15, 0.2) is 0 Å². The summed E-state index contributed by atoms with van der Waals surface area (Å²) in [6, 6.07) is 9.75. The summed E-state index contributed by atoms with van der Waals surface area (Å²) in [6.45, 7) is 2.32. The molecule has 1 aromatic carbocycles. The van der Waals surface area contributed by atoms with Gasteiger partial charge < -0.3 is 10.1 Å². The Morgan fingerprint density at radius 1 is 1.26 bits per heavy atom. The molecule has 1 aromatic rings. The van der Waals surface area contributed by atoms with Crippen LogP contribution in [0.25, 0.3) is 0 Å². The van der Waals surface area contributed by atoms with Crippen molar-refractivity contribution in [3.63, 3.8) is 0 Å². The molecule has 3 nitrogen and oxygen atoms in total. The molecule has 2 unspecified atom stereocenters. The fourth-order valence-electron chi connectivity index (χ4n) is 3.25. The lowest BCUT2D eigenvalue weighted by atomic mass is 9.93. The summed E-state index contributed by atoms with van der Waals surface area (Å²) in [7, 11) is 4.00. The smallest absolute Gasteiger partial charge is 0.123 e. The summed E-state index contributed by atoms with van der Waals surface area (Å²) in [5, 5.41) is 3.69. The fourth-order valence-corrected chi connectivity index (χ4v) is 3.25. The number of benzene rings is 1. The average Bonchev–Trinajstić information content (AvgIpc) is 3.20. The molecule has 3 rings (SSSR count). The van der Waals surface area contributed by atoms with Crippen LogP contribution in [0.4, 0.5) is 0 Å². The van der Waals surface area contributed by atoms with Crippen LogP contribution < -0.4 is 10.1 Å². The van der Waals surface area contributed by atoms with Crippen LogP contribution in [0.5, 0.6) is 5.75 Å². The maximum atomic E-state index is 5.55. The molecule has 1 aliphatic carbocycles. The van der Waals surface area contributed by atoms with Crippen molar-refractivity contribution < 1.29 is 4.74 Å². The van der Waals surface area contributed by atoms with E-state index in [4.69, 9.17) is 4.74 Å². The van der Waals surface area contributed by atoms with Crippen LogP contribution in [0.15, 0.2) is 24.3 Å². The standard InChI is InChI=1S/C16H24N2O/c1-18-10-9-12(11-17-13-7-8-13)16(18)14-5-3-4-6-15(14)19-2/h3-6,12-13,16-17H,7-11H2,1-2H3. The van der Waals surface area contributed by atoms with Crippen LogP contribution in [0, 0.1) is 5.92 Å². The van der Waals surface area contributed by atoms with Gasteiger partial charge in [-0.25, -0.2) is 0 Å². The lowest BCUT2D eigenvalue weighted by Crippen LogP contribution is -2.29. The molecule has 0 bridgehead atoms. The highest BCUT2D eigenvalue weighted by Crippen LogP contribution is 2.40. The molecule has 104 valence electrons. The van der Waals surface area contributed by atoms with Crippen molar-refractivity contribution in [3.8, 4) is 5.75 Å². The molecule has 0 amide bonds. The topological polar surface area (TPSA) is 24.5 Å². The van der Waals surface area contributed by atoms with E-state index in [1.807, 2.05) is 0 Å². The van der Waals surface area contributed by atoms with Gasteiger partial charge in [0, 0.05) is 24.2 Å². The number of hydrogen-bond acceptors (Lipinski definition) is 3. The summed E-state index contributed by atoms with van der Waals surface area (Å²) in [4.78, 5) is 2.47. The van der Waals surface area contributed by atoms with Crippen LogP contribution in [0.1, 0.15) is 30.9 Å². The molecule has 2 fully saturated rings. The van der Waals surface area contributed by atoms with Gasteiger partial charge >= 0.3 is 0 Å². The van der Waals surface area contributed by atoms with E-state index in [0.29, 0.717) is 12.0 Å². The second kappa shape index (κ2) is 5.51. The average molecular weight is 260 g/mol. The Morgan fingerprint density at radius 3 is 2.79 bits per heavy atom. The Kier molecular flexibility index (Phi) is 3.76.